The summed E-state index contributed by atoms with van der Waals surface area (Å²) < 4.78 is 0. The molecule has 1 aliphatic heterocycles. The fourth-order valence-corrected chi connectivity index (χ4v) is 2.36. The number of piperidine rings is 1. The second-order valence-electron chi connectivity index (χ2n) is 5.51. The molecule has 0 aromatic heterocycles. The number of amides is 2. The zero-order valence-electron chi connectivity index (χ0n) is 11.5. The molecule has 1 saturated heterocycles. The second-order valence-corrected chi connectivity index (χ2v) is 5.51. The van der Waals surface area contributed by atoms with Crippen LogP contribution in [0.15, 0.2) is 0 Å². The van der Waals surface area contributed by atoms with Crippen LogP contribution in [0.5, 0.6) is 0 Å². The number of carboxylic acids is 1. The highest BCUT2D eigenvalue weighted by Gasteiger charge is 2.36. The van der Waals surface area contributed by atoms with Gasteiger partial charge >= 0.3 is 12.0 Å². The Labute approximate surface area is 109 Å². The Morgan fingerprint density at radius 1 is 1.44 bits per heavy atom. The zero-order valence-corrected chi connectivity index (χ0v) is 11.5. The van der Waals surface area contributed by atoms with E-state index in [1.807, 2.05) is 6.92 Å². The highest BCUT2D eigenvalue weighted by atomic mass is 16.4. The normalized spacial score (nSPS) is 24.1. The van der Waals surface area contributed by atoms with Crippen molar-refractivity contribution in [2.45, 2.75) is 46.1 Å². The van der Waals surface area contributed by atoms with Gasteiger partial charge < -0.3 is 15.3 Å². The molecule has 1 fully saturated rings. The minimum absolute atomic E-state index is 0.0205. The van der Waals surface area contributed by atoms with Crippen molar-refractivity contribution < 1.29 is 14.7 Å². The van der Waals surface area contributed by atoms with Crippen molar-refractivity contribution in [3.05, 3.63) is 0 Å². The van der Waals surface area contributed by atoms with Crippen molar-refractivity contribution in [2.24, 2.45) is 11.8 Å². The first-order valence-corrected chi connectivity index (χ1v) is 6.70. The van der Waals surface area contributed by atoms with E-state index >= 15 is 0 Å². The predicted molar refractivity (Wildman–Crippen MR) is 69.4 cm³/mol. The molecule has 0 aromatic rings. The quantitative estimate of drug-likeness (QED) is 0.807. The Morgan fingerprint density at radius 2 is 2.11 bits per heavy atom. The number of nitrogens with one attached hydrogen (secondary N) is 1. The van der Waals surface area contributed by atoms with E-state index in [0.717, 1.165) is 19.3 Å². The molecule has 0 bridgehead atoms. The smallest absolute Gasteiger partial charge is 0.326 e. The first kappa shape index (κ1) is 14.8. The van der Waals surface area contributed by atoms with Crippen LogP contribution in [0.1, 0.15) is 40.0 Å². The van der Waals surface area contributed by atoms with Crippen LogP contribution in [-0.4, -0.2) is 41.1 Å². The summed E-state index contributed by atoms with van der Waals surface area (Å²) in [6, 6.07) is -0.924. The van der Waals surface area contributed by atoms with Gasteiger partial charge in [0.05, 0.1) is 0 Å². The molecular formula is C13H24N2O3. The standard InChI is InChI=1S/C13H24N2O3/c1-9(2)6-7-14-13(18)15-8-4-5-10(3)11(15)12(16)17/h9-11H,4-8H2,1-3H3,(H,14,18)(H,16,17). The van der Waals surface area contributed by atoms with E-state index < -0.39 is 12.0 Å². The number of carboxylic acid groups (broad SMARTS) is 1. The molecule has 1 aliphatic rings. The molecule has 5 heteroatoms. The molecule has 0 radical (unpaired) electrons. The summed E-state index contributed by atoms with van der Waals surface area (Å²) in [5, 5.41) is 12.0. The Balaban J connectivity index is 2.55. The van der Waals surface area contributed by atoms with E-state index in [1.54, 1.807) is 0 Å². The molecule has 0 aromatic carbocycles. The molecule has 0 spiro atoms. The summed E-state index contributed by atoms with van der Waals surface area (Å²) in [6.07, 6.45) is 2.65. The van der Waals surface area contributed by atoms with Gasteiger partial charge in [0.1, 0.15) is 6.04 Å². The van der Waals surface area contributed by atoms with Gasteiger partial charge in [-0.1, -0.05) is 20.8 Å². The number of nitrogens with zero attached hydrogens (tertiary/aromatic N) is 1. The molecule has 2 amide bonds. The van der Waals surface area contributed by atoms with E-state index in [1.165, 1.54) is 4.90 Å². The molecule has 1 heterocycles. The van der Waals surface area contributed by atoms with Crippen LogP contribution >= 0.6 is 0 Å². The van der Waals surface area contributed by atoms with Gasteiger partial charge in [0, 0.05) is 13.1 Å². The number of rotatable bonds is 4. The number of urea groups is 1. The average molecular weight is 256 g/mol. The zero-order chi connectivity index (χ0) is 13.7. The van der Waals surface area contributed by atoms with Crippen molar-refractivity contribution in [1.29, 1.82) is 0 Å². The summed E-state index contributed by atoms with van der Waals surface area (Å²) in [4.78, 5) is 24.7. The van der Waals surface area contributed by atoms with Crippen LogP contribution in [-0.2, 0) is 4.79 Å². The molecule has 2 unspecified atom stereocenters. The molecule has 2 N–H and O–H groups in total. The molecule has 5 nitrogen and oxygen atoms in total. The van der Waals surface area contributed by atoms with E-state index in [4.69, 9.17) is 0 Å². The van der Waals surface area contributed by atoms with Crippen LogP contribution in [0.25, 0.3) is 0 Å². The van der Waals surface area contributed by atoms with Crippen LogP contribution in [0, 0.1) is 11.8 Å². The monoisotopic (exact) mass is 256 g/mol. The lowest BCUT2D eigenvalue weighted by Gasteiger charge is -2.37. The van der Waals surface area contributed by atoms with Gasteiger partial charge in [0.2, 0.25) is 0 Å². The lowest BCUT2D eigenvalue weighted by molar-refractivity contribution is -0.145. The Kier molecular flexibility index (Phi) is 5.44. The summed E-state index contributed by atoms with van der Waals surface area (Å²) >= 11 is 0. The lowest BCUT2D eigenvalue weighted by atomic mass is 9.91. The van der Waals surface area contributed by atoms with Gasteiger partial charge in [-0.25, -0.2) is 9.59 Å². The third-order valence-corrected chi connectivity index (χ3v) is 3.45. The second kappa shape index (κ2) is 6.61. The summed E-state index contributed by atoms with van der Waals surface area (Å²) in [5.74, 6) is -0.353. The van der Waals surface area contributed by atoms with E-state index in [-0.39, 0.29) is 11.9 Å². The van der Waals surface area contributed by atoms with Crippen molar-refractivity contribution in [1.82, 2.24) is 10.2 Å². The fraction of sp³-hybridized carbons (Fsp3) is 0.846. The van der Waals surface area contributed by atoms with Gasteiger partial charge in [-0.15, -0.1) is 0 Å². The first-order chi connectivity index (χ1) is 8.43. The maximum Gasteiger partial charge on any atom is 0.326 e. The van der Waals surface area contributed by atoms with Crippen LogP contribution < -0.4 is 5.32 Å². The summed E-state index contributed by atoms with van der Waals surface area (Å²) in [5.41, 5.74) is 0. The molecule has 0 saturated carbocycles. The third kappa shape index (κ3) is 3.89. The van der Waals surface area contributed by atoms with Crippen molar-refractivity contribution in [2.75, 3.05) is 13.1 Å². The molecule has 104 valence electrons. The number of hydrogen-bond acceptors (Lipinski definition) is 2. The van der Waals surface area contributed by atoms with Gasteiger partial charge in [-0.3, -0.25) is 0 Å². The number of carbonyl (C=O) groups is 2. The van der Waals surface area contributed by atoms with Gasteiger partial charge in [-0.05, 0) is 31.1 Å². The molecule has 0 aliphatic carbocycles. The summed E-state index contributed by atoms with van der Waals surface area (Å²) in [6.45, 7) is 7.22. The van der Waals surface area contributed by atoms with E-state index in [0.29, 0.717) is 19.0 Å². The fourth-order valence-electron chi connectivity index (χ4n) is 2.36. The molecule has 2 atom stereocenters. The predicted octanol–water partition coefficient (Wildman–Crippen LogP) is 1.93. The number of likely N-dealkylation sites (tertiary alicyclic amines) is 1. The maximum atomic E-state index is 12.0. The SMILES string of the molecule is CC(C)CCNC(=O)N1CCCC(C)C1C(=O)O. The van der Waals surface area contributed by atoms with Crippen molar-refractivity contribution in [3.8, 4) is 0 Å². The van der Waals surface area contributed by atoms with E-state index in [9.17, 15) is 14.7 Å². The van der Waals surface area contributed by atoms with Gasteiger partial charge in [0.25, 0.3) is 0 Å². The largest absolute Gasteiger partial charge is 0.480 e. The molecule has 1 rings (SSSR count). The molecule has 18 heavy (non-hydrogen) atoms. The van der Waals surface area contributed by atoms with E-state index in [2.05, 4.69) is 19.2 Å². The minimum atomic E-state index is -0.902. The minimum Gasteiger partial charge on any atom is -0.480 e. The van der Waals surface area contributed by atoms with Gasteiger partial charge in [0.15, 0.2) is 0 Å². The Hall–Kier alpha value is -1.26. The first-order valence-electron chi connectivity index (χ1n) is 6.70. The topological polar surface area (TPSA) is 69.6 Å². The van der Waals surface area contributed by atoms with Crippen LogP contribution in [0.2, 0.25) is 0 Å². The lowest BCUT2D eigenvalue weighted by Crippen LogP contribution is -2.55. The average Bonchev–Trinajstić information content (AvgIpc) is 2.27. The highest BCUT2D eigenvalue weighted by Crippen LogP contribution is 2.23. The number of carbonyl (C=O) groups excluding carboxylic acids is 1. The summed E-state index contributed by atoms with van der Waals surface area (Å²) in [7, 11) is 0. The third-order valence-electron chi connectivity index (χ3n) is 3.45. The Morgan fingerprint density at radius 3 is 2.67 bits per heavy atom. The number of hydrogen-bond donors (Lipinski definition) is 2. The Bertz CT molecular complexity index is 305. The van der Waals surface area contributed by atoms with Crippen molar-refractivity contribution in [3.63, 3.8) is 0 Å². The van der Waals surface area contributed by atoms with Crippen LogP contribution in [0.3, 0.4) is 0 Å². The van der Waals surface area contributed by atoms with Crippen molar-refractivity contribution >= 4 is 12.0 Å². The molecular weight excluding hydrogens is 232 g/mol. The van der Waals surface area contributed by atoms with Gasteiger partial charge in [-0.2, -0.15) is 0 Å². The maximum absolute atomic E-state index is 12.0. The number of aliphatic carboxylic acids is 1. The van der Waals surface area contributed by atoms with Crippen LogP contribution in [0.4, 0.5) is 4.79 Å². The highest BCUT2D eigenvalue weighted by molar-refractivity contribution is 5.83.